The number of hydrogen-bond acceptors (Lipinski definition) is 4. The third-order valence-electron chi connectivity index (χ3n) is 6.11. The monoisotopic (exact) mass is 386 g/mol. The highest BCUT2D eigenvalue weighted by Crippen LogP contribution is 2.54. The molecule has 0 saturated heterocycles. The van der Waals surface area contributed by atoms with Crippen LogP contribution in [0.15, 0.2) is 66.7 Å². The van der Waals surface area contributed by atoms with Crippen LogP contribution < -0.4 is 5.32 Å². The quantitative estimate of drug-likeness (QED) is 0.500. The first-order chi connectivity index (χ1) is 14.0. The number of nitro benzene ring substituents is 1. The van der Waals surface area contributed by atoms with Crippen molar-refractivity contribution in [3.05, 3.63) is 105 Å². The van der Waals surface area contributed by atoms with Crippen LogP contribution in [0.25, 0.3) is 0 Å². The molecule has 0 amide bonds. The minimum atomic E-state index is -0.947. The second-order valence-corrected chi connectivity index (χ2v) is 7.62. The second kappa shape index (κ2) is 6.44. The average molecular weight is 386 g/mol. The van der Waals surface area contributed by atoms with Gasteiger partial charge in [0.2, 0.25) is 0 Å². The molecule has 0 fully saturated rings. The maximum Gasteiger partial charge on any atom is 0.335 e. The SMILES string of the molecule is O=C(O)c1ccc([C@@H]2Nc3ccc([N+](=O)[O-])cc3[C@H]3c4ccccc4C[C@@H]32)cc1. The summed E-state index contributed by atoms with van der Waals surface area (Å²) >= 11 is 0. The molecule has 3 atom stereocenters. The van der Waals surface area contributed by atoms with E-state index in [0.29, 0.717) is 0 Å². The number of nitrogens with one attached hydrogen (secondary N) is 1. The van der Waals surface area contributed by atoms with Crippen molar-refractivity contribution in [1.29, 1.82) is 0 Å². The van der Waals surface area contributed by atoms with Crippen LogP contribution in [-0.2, 0) is 6.42 Å². The van der Waals surface area contributed by atoms with Crippen molar-refractivity contribution in [2.45, 2.75) is 18.4 Å². The number of carbonyl (C=O) groups is 1. The zero-order valence-corrected chi connectivity index (χ0v) is 15.4. The summed E-state index contributed by atoms with van der Waals surface area (Å²) in [5.74, 6) is -0.693. The molecule has 29 heavy (non-hydrogen) atoms. The lowest BCUT2D eigenvalue weighted by molar-refractivity contribution is -0.384. The van der Waals surface area contributed by atoms with E-state index in [9.17, 15) is 20.0 Å². The van der Waals surface area contributed by atoms with Crippen molar-refractivity contribution in [2.24, 2.45) is 5.92 Å². The molecule has 5 rings (SSSR count). The van der Waals surface area contributed by atoms with Crippen LogP contribution >= 0.6 is 0 Å². The van der Waals surface area contributed by atoms with Crippen LogP contribution in [0.2, 0.25) is 0 Å². The van der Waals surface area contributed by atoms with Gasteiger partial charge in [0, 0.05) is 23.7 Å². The smallest absolute Gasteiger partial charge is 0.335 e. The molecule has 2 aliphatic rings. The van der Waals surface area contributed by atoms with Gasteiger partial charge in [-0.2, -0.15) is 0 Å². The highest BCUT2D eigenvalue weighted by atomic mass is 16.6. The third kappa shape index (κ3) is 2.76. The molecule has 2 N–H and O–H groups in total. The first-order valence-corrected chi connectivity index (χ1v) is 9.49. The van der Waals surface area contributed by atoms with Crippen molar-refractivity contribution < 1.29 is 14.8 Å². The summed E-state index contributed by atoms with van der Waals surface area (Å²) in [5, 5.41) is 24.1. The molecule has 0 radical (unpaired) electrons. The molecule has 3 aromatic carbocycles. The first-order valence-electron chi connectivity index (χ1n) is 9.49. The lowest BCUT2D eigenvalue weighted by atomic mass is 9.75. The van der Waals surface area contributed by atoms with Gasteiger partial charge in [-0.25, -0.2) is 4.79 Å². The number of nitro groups is 1. The van der Waals surface area contributed by atoms with Crippen LogP contribution in [0.5, 0.6) is 0 Å². The van der Waals surface area contributed by atoms with Crippen LogP contribution in [0.3, 0.4) is 0 Å². The Labute approximate surface area is 167 Å². The number of carboxylic acids is 1. The zero-order chi connectivity index (χ0) is 20.1. The van der Waals surface area contributed by atoms with Gasteiger partial charge in [-0.05, 0) is 52.8 Å². The Bertz CT molecular complexity index is 1140. The van der Waals surface area contributed by atoms with E-state index in [1.54, 1.807) is 24.3 Å². The van der Waals surface area contributed by atoms with Crippen molar-refractivity contribution >= 4 is 17.3 Å². The van der Waals surface area contributed by atoms with Gasteiger partial charge >= 0.3 is 5.97 Å². The molecule has 144 valence electrons. The fraction of sp³-hybridized carbons (Fsp3) is 0.174. The number of aromatic carboxylic acids is 1. The standard InChI is InChI=1S/C23H18N2O4/c26-23(27)14-7-5-13(6-8-14)22-19-11-15-3-1-2-4-17(15)21(19)18-12-16(25(28)29)9-10-20(18)24-22/h1-10,12,19,21-22,24H,11H2,(H,26,27)/t19-,21+,22-/m0/s1. The van der Waals surface area contributed by atoms with Gasteiger partial charge in [-0.3, -0.25) is 10.1 Å². The second-order valence-electron chi connectivity index (χ2n) is 7.62. The molecule has 6 heteroatoms. The topological polar surface area (TPSA) is 92.5 Å². The van der Waals surface area contributed by atoms with E-state index in [4.69, 9.17) is 0 Å². The average Bonchev–Trinajstić information content (AvgIpc) is 3.12. The molecule has 1 aliphatic heterocycles. The Hall–Kier alpha value is -3.67. The van der Waals surface area contributed by atoms with E-state index >= 15 is 0 Å². The largest absolute Gasteiger partial charge is 0.478 e. The summed E-state index contributed by atoms with van der Waals surface area (Å²) in [4.78, 5) is 22.2. The van der Waals surface area contributed by atoms with Crippen LogP contribution in [-0.4, -0.2) is 16.0 Å². The van der Waals surface area contributed by atoms with Gasteiger partial charge in [0.05, 0.1) is 16.5 Å². The van der Waals surface area contributed by atoms with Gasteiger partial charge < -0.3 is 10.4 Å². The highest BCUT2D eigenvalue weighted by molar-refractivity contribution is 5.87. The van der Waals surface area contributed by atoms with Gasteiger partial charge in [-0.1, -0.05) is 36.4 Å². The number of nitrogens with zero attached hydrogens (tertiary/aromatic N) is 1. The molecule has 0 saturated carbocycles. The summed E-state index contributed by atoms with van der Waals surface area (Å²) in [5.41, 5.74) is 5.68. The molecule has 6 nitrogen and oxygen atoms in total. The van der Waals surface area contributed by atoms with Crippen LogP contribution in [0.1, 0.15) is 44.6 Å². The van der Waals surface area contributed by atoms with E-state index < -0.39 is 5.97 Å². The lowest BCUT2D eigenvalue weighted by Crippen LogP contribution is -2.30. The zero-order valence-electron chi connectivity index (χ0n) is 15.4. The maximum atomic E-state index is 11.3. The third-order valence-corrected chi connectivity index (χ3v) is 6.11. The Morgan fingerprint density at radius 3 is 2.52 bits per heavy atom. The maximum absolute atomic E-state index is 11.3. The fourth-order valence-corrected chi connectivity index (χ4v) is 4.82. The molecule has 0 aromatic heterocycles. The fourth-order valence-electron chi connectivity index (χ4n) is 4.82. The number of non-ortho nitro benzene ring substituents is 1. The Morgan fingerprint density at radius 2 is 1.79 bits per heavy atom. The molecule has 1 aliphatic carbocycles. The van der Waals surface area contributed by atoms with Gasteiger partial charge in [-0.15, -0.1) is 0 Å². The summed E-state index contributed by atoms with van der Waals surface area (Å²) in [7, 11) is 0. The number of carboxylic acid groups (broad SMARTS) is 1. The predicted octanol–water partition coefficient (Wildman–Crippen LogP) is 4.76. The minimum Gasteiger partial charge on any atom is -0.478 e. The highest BCUT2D eigenvalue weighted by Gasteiger charge is 2.43. The molecular weight excluding hydrogens is 368 g/mol. The van der Waals surface area contributed by atoms with Gasteiger partial charge in [0.25, 0.3) is 5.69 Å². The number of fused-ring (bicyclic) bond motifs is 5. The Balaban J connectivity index is 1.64. The molecule has 0 bridgehead atoms. The van der Waals surface area contributed by atoms with E-state index in [1.807, 2.05) is 24.3 Å². The van der Waals surface area contributed by atoms with E-state index in [-0.39, 0.29) is 34.1 Å². The lowest BCUT2D eigenvalue weighted by Gasteiger charge is -2.38. The summed E-state index contributed by atoms with van der Waals surface area (Å²) in [6.45, 7) is 0. The first kappa shape index (κ1) is 17.4. The van der Waals surface area contributed by atoms with E-state index in [2.05, 4.69) is 17.4 Å². The summed E-state index contributed by atoms with van der Waals surface area (Å²) in [6.07, 6.45) is 0.862. The van der Waals surface area contributed by atoms with Crippen molar-refractivity contribution in [3.63, 3.8) is 0 Å². The molecule has 1 heterocycles. The van der Waals surface area contributed by atoms with Crippen molar-refractivity contribution in [2.75, 3.05) is 5.32 Å². The molecular formula is C23H18N2O4. The Kier molecular flexibility index (Phi) is 3.87. The molecule has 0 unspecified atom stereocenters. The normalized spacial score (nSPS) is 21.4. The number of hydrogen-bond donors (Lipinski definition) is 2. The summed E-state index contributed by atoms with van der Waals surface area (Å²) in [6, 6.07) is 20.2. The van der Waals surface area contributed by atoms with Gasteiger partial charge in [0.15, 0.2) is 0 Å². The minimum absolute atomic E-state index is 0.01000. The Morgan fingerprint density at radius 1 is 1.03 bits per heavy atom. The van der Waals surface area contributed by atoms with Gasteiger partial charge in [0.1, 0.15) is 0 Å². The van der Waals surface area contributed by atoms with E-state index in [1.165, 1.54) is 17.2 Å². The number of benzene rings is 3. The predicted molar refractivity (Wildman–Crippen MR) is 108 cm³/mol. The summed E-state index contributed by atoms with van der Waals surface area (Å²) < 4.78 is 0. The molecule has 0 spiro atoms. The number of anilines is 1. The van der Waals surface area contributed by atoms with Crippen molar-refractivity contribution in [3.8, 4) is 0 Å². The van der Waals surface area contributed by atoms with Crippen molar-refractivity contribution in [1.82, 2.24) is 0 Å². The van der Waals surface area contributed by atoms with E-state index in [0.717, 1.165) is 23.2 Å². The molecule has 3 aromatic rings. The number of rotatable bonds is 3. The van der Waals surface area contributed by atoms with Crippen LogP contribution in [0, 0.1) is 16.0 Å². The van der Waals surface area contributed by atoms with Crippen LogP contribution in [0.4, 0.5) is 11.4 Å².